The van der Waals surface area contributed by atoms with Crippen LogP contribution in [0.25, 0.3) is 0 Å². The van der Waals surface area contributed by atoms with E-state index in [1.54, 1.807) is 0 Å². The van der Waals surface area contributed by atoms with Crippen LogP contribution in [0, 0.1) is 5.92 Å². The molecule has 0 fully saturated rings. The normalized spacial score (nSPS) is 13.2. The second-order valence-electron chi connectivity index (χ2n) is 3.07. The molecule has 1 aromatic heterocycles. The Morgan fingerprint density at radius 2 is 2.33 bits per heavy atom. The van der Waals surface area contributed by atoms with Crippen LogP contribution in [0.15, 0.2) is 15.9 Å². The maximum atomic E-state index is 3.46. The first kappa shape index (κ1) is 10.2. The average Bonchev–Trinajstić information content (AvgIpc) is 2.36. The highest BCUT2D eigenvalue weighted by molar-refractivity contribution is 9.11. The summed E-state index contributed by atoms with van der Waals surface area (Å²) >= 11 is 5.29. The quantitative estimate of drug-likeness (QED) is 0.863. The van der Waals surface area contributed by atoms with Gasteiger partial charge in [-0.25, -0.2) is 0 Å². The van der Waals surface area contributed by atoms with Crippen molar-refractivity contribution in [3.05, 3.63) is 20.8 Å². The molecule has 0 aliphatic rings. The van der Waals surface area contributed by atoms with Crippen molar-refractivity contribution in [3.63, 3.8) is 0 Å². The number of rotatable bonds is 4. The van der Waals surface area contributed by atoms with Crippen LogP contribution in [0.3, 0.4) is 0 Å². The summed E-state index contributed by atoms with van der Waals surface area (Å²) in [6.45, 7) is 3.36. The topological polar surface area (TPSA) is 12.0 Å². The molecular weight excluding hydrogens is 234 g/mol. The summed E-state index contributed by atoms with van der Waals surface area (Å²) in [5, 5.41) is 3.19. The lowest BCUT2D eigenvalue weighted by Crippen LogP contribution is -2.17. The molecule has 68 valence electrons. The Bertz CT molecular complexity index is 234. The molecule has 3 heteroatoms. The third-order valence-electron chi connectivity index (χ3n) is 1.73. The molecule has 0 bridgehead atoms. The third-order valence-corrected chi connectivity index (χ3v) is 3.38. The van der Waals surface area contributed by atoms with Crippen molar-refractivity contribution in [1.82, 2.24) is 5.32 Å². The minimum Gasteiger partial charge on any atom is -0.319 e. The SMILES string of the molecule is CNCC(C)Cc1ccc(Br)s1. The standard InChI is InChI=1S/C9H14BrNS/c1-7(6-11-2)5-8-3-4-9(10)12-8/h3-4,7,11H,5-6H2,1-2H3. The zero-order valence-corrected chi connectivity index (χ0v) is 9.83. The van der Waals surface area contributed by atoms with E-state index in [0.29, 0.717) is 0 Å². The third kappa shape index (κ3) is 3.25. The molecule has 1 nitrogen and oxygen atoms in total. The fraction of sp³-hybridized carbons (Fsp3) is 0.556. The molecule has 1 heterocycles. The monoisotopic (exact) mass is 247 g/mol. The summed E-state index contributed by atoms with van der Waals surface area (Å²) in [6.07, 6.45) is 1.18. The maximum Gasteiger partial charge on any atom is 0.0701 e. The largest absolute Gasteiger partial charge is 0.319 e. The van der Waals surface area contributed by atoms with E-state index >= 15 is 0 Å². The highest BCUT2D eigenvalue weighted by Gasteiger charge is 2.03. The molecule has 0 aliphatic heterocycles. The predicted molar refractivity (Wildman–Crippen MR) is 58.8 cm³/mol. The van der Waals surface area contributed by atoms with E-state index in [0.717, 1.165) is 12.5 Å². The van der Waals surface area contributed by atoms with Gasteiger partial charge in [0.15, 0.2) is 0 Å². The molecule has 0 saturated heterocycles. The fourth-order valence-electron chi connectivity index (χ4n) is 1.23. The Hall–Kier alpha value is 0.140. The van der Waals surface area contributed by atoms with Crippen LogP contribution in [0.2, 0.25) is 0 Å². The van der Waals surface area contributed by atoms with Crippen LogP contribution >= 0.6 is 27.3 Å². The highest BCUT2D eigenvalue weighted by Crippen LogP contribution is 2.24. The molecule has 1 rings (SSSR count). The summed E-state index contributed by atoms with van der Waals surface area (Å²) in [4.78, 5) is 1.46. The van der Waals surface area contributed by atoms with Crippen molar-refractivity contribution < 1.29 is 0 Å². The number of thiophene rings is 1. The van der Waals surface area contributed by atoms with Crippen LogP contribution < -0.4 is 5.32 Å². The van der Waals surface area contributed by atoms with Gasteiger partial charge in [0.05, 0.1) is 3.79 Å². The average molecular weight is 248 g/mol. The van der Waals surface area contributed by atoms with Gasteiger partial charge in [-0.15, -0.1) is 11.3 Å². The molecule has 0 aromatic carbocycles. The first-order valence-corrected chi connectivity index (χ1v) is 5.72. The fourth-order valence-corrected chi connectivity index (χ4v) is 2.87. The number of halogens is 1. The Balaban J connectivity index is 2.41. The summed E-state index contributed by atoms with van der Waals surface area (Å²) in [5.74, 6) is 0.723. The second-order valence-corrected chi connectivity index (χ2v) is 5.62. The van der Waals surface area contributed by atoms with Gasteiger partial charge in [-0.1, -0.05) is 6.92 Å². The van der Waals surface area contributed by atoms with Crippen LogP contribution in [-0.2, 0) is 6.42 Å². The van der Waals surface area contributed by atoms with Gasteiger partial charge in [0.2, 0.25) is 0 Å². The number of nitrogens with one attached hydrogen (secondary N) is 1. The maximum absolute atomic E-state index is 3.46. The van der Waals surface area contributed by atoms with E-state index in [-0.39, 0.29) is 0 Å². The van der Waals surface area contributed by atoms with Crippen LogP contribution in [0.1, 0.15) is 11.8 Å². The van der Waals surface area contributed by atoms with Crippen molar-refractivity contribution in [3.8, 4) is 0 Å². The van der Waals surface area contributed by atoms with Crippen LogP contribution in [0.5, 0.6) is 0 Å². The van der Waals surface area contributed by atoms with Crippen molar-refractivity contribution in [2.75, 3.05) is 13.6 Å². The molecule has 1 atom stereocenters. The number of hydrogen-bond donors (Lipinski definition) is 1. The number of hydrogen-bond acceptors (Lipinski definition) is 2. The molecule has 12 heavy (non-hydrogen) atoms. The van der Waals surface area contributed by atoms with E-state index < -0.39 is 0 Å². The summed E-state index contributed by atoms with van der Waals surface area (Å²) in [6, 6.07) is 4.31. The van der Waals surface area contributed by atoms with Gasteiger partial charge < -0.3 is 5.32 Å². The van der Waals surface area contributed by atoms with Gasteiger partial charge in [-0.2, -0.15) is 0 Å². The molecule has 0 amide bonds. The predicted octanol–water partition coefficient (Wildman–Crippen LogP) is 2.91. The first-order chi connectivity index (χ1) is 5.72. The van der Waals surface area contributed by atoms with Crippen LogP contribution in [0.4, 0.5) is 0 Å². The minimum atomic E-state index is 0.723. The Labute approximate surface area is 86.3 Å². The summed E-state index contributed by atoms with van der Waals surface area (Å²) in [7, 11) is 2.00. The Kier molecular flexibility index (Phi) is 4.26. The van der Waals surface area contributed by atoms with Gasteiger partial charge in [0, 0.05) is 4.88 Å². The molecule has 0 spiro atoms. The zero-order chi connectivity index (χ0) is 8.97. The van der Waals surface area contributed by atoms with Gasteiger partial charge in [0.25, 0.3) is 0 Å². The van der Waals surface area contributed by atoms with E-state index in [2.05, 4.69) is 40.3 Å². The van der Waals surface area contributed by atoms with E-state index in [9.17, 15) is 0 Å². The van der Waals surface area contributed by atoms with Crippen molar-refractivity contribution >= 4 is 27.3 Å². The minimum absolute atomic E-state index is 0.723. The molecule has 0 aliphatic carbocycles. The van der Waals surface area contributed by atoms with E-state index in [4.69, 9.17) is 0 Å². The zero-order valence-electron chi connectivity index (χ0n) is 7.43. The van der Waals surface area contributed by atoms with E-state index in [1.807, 2.05) is 18.4 Å². The van der Waals surface area contributed by atoms with E-state index in [1.165, 1.54) is 15.1 Å². The van der Waals surface area contributed by atoms with Gasteiger partial charge in [-0.3, -0.25) is 0 Å². The molecule has 0 radical (unpaired) electrons. The lowest BCUT2D eigenvalue weighted by molar-refractivity contribution is 0.545. The lowest BCUT2D eigenvalue weighted by atomic mass is 10.1. The van der Waals surface area contributed by atoms with Gasteiger partial charge >= 0.3 is 0 Å². The smallest absolute Gasteiger partial charge is 0.0701 e. The Morgan fingerprint density at radius 3 is 2.83 bits per heavy atom. The van der Waals surface area contributed by atoms with Crippen molar-refractivity contribution in [1.29, 1.82) is 0 Å². The van der Waals surface area contributed by atoms with Gasteiger partial charge in [-0.05, 0) is 54.0 Å². The summed E-state index contributed by atoms with van der Waals surface area (Å²) in [5.41, 5.74) is 0. The van der Waals surface area contributed by atoms with Crippen molar-refractivity contribution in [2.24, 2.45) is 5.92 Å². The van der Waals surface area contributed by atoms with Gasteiger partial charge in [0.1, 0.15) is 0 Å². The second kappa shape index (κ2) is 5.00. The highest BCUT2D eigenvalue weighted by atomic mass is 79.9. The lowest BCUT2D eigenvalue weighted by Gasteiger charge is -2.07. The Morgan fingerprint density at radius 1 is 1.58 bits per heavy atom. The molecule has 1 unspecified atom stereocenters. The summed E-state index contributed by atoms with van der Waals surface area (Å²) < 4.78 is 1.23. The van der Waals surface area contributed by atoms with Crippen LogP contribution in [-0.4, -0.2) is 13.6 Å². The molecule has 1 N–H and O–H groups in total. The van der Waals surface area contributed by atoms with Crippen molar-refractivity contribution in [2.45, 2.75) is 13.3 Å². The molecule has 1 aromatic rings. The molecule has 0 saturated carbocycles. The first-order valence-electron chi connectivity index (χ1n) is 4.11. The molecular formula is C9H14BrNS.